The first-order chi connectivity index (χ1) is 11.2. The summed E-state index contributed by atoms with van der Waals surface area (Å²) in [6.45, 7) is 0.608. The van der Waals surface area contributed by atoms with E-state index in [2.05, 4.69) is 10.3 Å². The van der Waals surface area contributed by atoms with E-state index in [0.717, 1.165) is 23.2 Å². The Morgan fingerprint density at radius 2 is 2.22 bits per heavy atom. The fourth-order valence-electron chi connectivity index (χ4n) is 3.01. The van der Waals surface area contributed by atoms with E-state index in [-0.39, 0.29) is 11.7 Å². The van der Waals surface area contributed by atoms with Crippen molar-refractivity contribution in [3.8, 4) is 17.0 Å². The highest BCUT2D eigenvalue weighted by Crippen LogP contribution is 2.32. The summed E-state index contributed by atoms with van der Waals surface area (Å²) in [5.74, 6) is 0.0935. The number of carbonyl (C=O) groups is 1. The fourth-order valence-corrected chi connectivity index (χ4v) is 3.01. The van der Waals surface area contributed by atoms with E-state index in [1.807, 2.05) is 16.5 Å². The lowest BCUT2D eigenvalue weighted by Gasteiger charge is -2.20. The van der Waals surface area contributed by atoms with Crippen LogP contribution in [0.2, 0.25) is 0 Å². The lowest BCUT2D eigenvalue weighted by Crippen LogP contribution is -2.32. The SMILES string of the molecule is COc1cc(-c2cnc3cc(F)ccn23)cc2c1C(=O)NCC2. The number of benzene rings is 1. The maximum absolute atomic E-state index is 13.3. The van der Waals surface area contributed by atoms with Crippen molar-refractivity contribution < 1.29 is 13.9 Å². The summed E-state index contributed by atoms with van der Waals surface area (Å²) in [7, 11) is 1.55. The number of nitrogens with one attached hydrogen (secondary N) is 1. The van der Waals surface area contributed by atoms with Crippen LogP contribution in [0.1, 0.15) is 15.9 Å². The number of halogens is 1. The predicted molar refractivity (Wildman–Crippen MR) is 83.2 cm³/mol. The summed E-state index contributed by atoms with van der Waals surface area (Å²) in [4.78, 5) is 16.3. The normalized spacial score (nSPS) is 13.7. The first kappa shape index (κ1) is 13.8. The Morgan fingerprint density at radius 3 is 3.04 bits per heavy atom. The summed E-state index contributed by atoms with van der Waals surface area (Å²) in [6, 6.07) is 6.56. The zero-order valence-corrected chi connectivity index (χ0v) is 12.5. The Labute approximate surface area is 131 Å². The van der Waals surface area contributed by atoms with E-state index in [4.69, 9.17) is 4.74 Å². The van der Waals surface area contributed by atoms with E-state index in [1.54, 1.807) is 19.5 Å². The minimum absolute atomic E-state index is 0.116. The molecule has 4 rings (SSSR count). The first-order valence-corrected chi connectivity index (χ1v) is 7.29. The van der Waals surface area contributed by atoms with Crippen LogP contribution >= 0.6 is 0 Å². The molecule has 0 spiro atoms. The first-order valence-electron chi connectivity index (χ1n) is 7.29. The number of nitrogens with zero attached hydrogens (tertiary/aromatic N) is 2. The molecule has 1 N–H and O–H groups in total. The molecule has 0 atom stereocenters. The third-order valence-electron chi connectivity index (χ3n) is 4.08. The number of hydrogen-bond acceptors (Lipinski definition) is 3. The highest BCUT2D eigenvalue weighted by atomic mass is 19.1. The van der Waals surface area contributed by atoms with Crippen LogP contribution in [0.4, 0.5) is 4.39 Å². The van der Waals surface area contributed by atoms with Gasteiger partial charge in [0.25, 0.3) is 5.91 Å². The number of hydrogen-bond donors (Lipinski definition) is 1. The topological polar surface area (TPSA) is 55.6 Å². The van der Waals surface area contributed by atoms with Gasteiger partial charge in [-0.1, -0.05) is 0 Å². The Morgan fingerprint density at radius 1 is 1.35 bits per heavy atom. The molecule has 0 saturated heterocycles. The number of aromatic nitrogens is 2. The lowest BCUT2D eigenvalue weighted by atomic mass is 9.95. The van der Waals surface area contributed by atoms with E-state index >= 15 is 0 Å². The molecule has 6 heteroatoms. The number of fused-ring (bicyclic) bond motifs is 2. The van der Waals surface area contributed by atoms with Gasteiger partial charge in [-0.15, -0.1) is 0 Å². The zero-order valence-electron chi connectivity index (χ0n) is 12.5. The van der Waals surface area contributed by atoms with Gasteiger partial charge in [-0.05, 0) is 30.2 Å². The molecule has 0 unspecified atom stereocenters. The summed E-state index contributed by atoms with van der Waals surface area (Å²) >= 11 is 0. The highest BCUT2D eigenvalue weighted by Gasteiger charge is 2.23. The highest BCUT2D eigenvalue weighted by molar-refractivity contribution is 6.00. The van der Waals surface area contributed by atoms with E-state index < -0.39 is 0 Å². The van der Waals surface area contributed by atoms with Gasteiger partial charge in [0.15, 0.2) is 0 Å². The largest absolute Gasteiger partial charge is 0.496 e. The van der Waals surface area contributed by atoms with Crippen molar-refractivity contribution in [3.63, 3.8) is 0 Å². The van der Waals surface area contributed by atoms with E-state index in [1.165, 1.54) is 12.1 Å². The quantitative estimate of drug-likeness (QED) is 0.791. The average Bonchev–Trinajstić information content (AvgIpc) is 2.97. The average molecular weight is 311 g/mol. The molecule has 5 nitrogen and oxygen atoms in total. The van der Waals surface area contributed by atoms with Gasteiger partial charge in [0.1, 0.15) is 17.2 Å². The molecule has 1 aliphatic heterocycles. The second kappa shape index (κ2) is 5.08. The summed E-state index contributed by atoms with van der Waals surface area (Å²) in [5.41, 5.74) is 3.78. The Bertz CT molecular complexity index is 916. The maximum Gasteiger partial charge on any atom is 0.255 e. The van der Waals surface area contributed by atoms with Crippen molar-refractivity contribution in [3.05, 3.63) is 53.6 Å². The third kappa shape index (κ3) is 2.14. The van der Waals surface area contributed by atoms with Crippen molar-refractivity contribution in [2.24, 2.45) is 0 Å². The number of ether oxygens (including phenoxy) is 1. The number of amides is 1. The molecule has 0 bridgehead atoms. The molecule has 0 aliphatic carbocycles. The van der Waals surface area contributed by atoms with Crippen LogP contribution in [0.15, 0.2) is 36.7 Å². The second-order valence-corrected chi connectivity index (χ2v) is 5.44. The molecular formula is C17H14FN3O2. The van der Waals surface area contributed by atoms with Crippen molar-refractivity contribution >= 4 is 11.6 Å². The maximum atomic E-state index is 13.3. The van der Waals surface area contributed by atoms with Crippen LogP contribution in [-0.4, -0.2) is 28.9 Å². The molecule has 0 saturated carbocycles. The number of methoxy groups -OCH3 is 1. The van der Waals surface area contributed by atoms with Crippen molar-refractivity contribution in [2.45, 2.75) is 6.42 Å². The Hall–Kier alpha value is -2.89. The molecule has 23 heavy (non-hydrogen) atoms. The summed E-state index contributed by atoms with van der Waals surface area (Å²) in [5, 5.41) is 2.82. The molecule has 3 heterocycles. The van der Waals surface area contributed by atoms with Crippen LogP contribution in [0, 0.1) is 5.82 Å². The second-order valence-electron chi connectivity index (χ2n) is 5.44. The van der Waals surface area contributed by atoms with Gasteiger partial charge in [0.05, 0.1) is 24.6 Å². The zero-order chi connectivity index (χ0) is 16.0. The van der Waals surface area contributed by atoms with Gasteiger partial charge < -0.3 is 10.1 Å². The molecule has 1 amide bonds. The summed E-state index contributed by atoms with van der Waals surface area (Å²) in [6.07, 6.45) is 4.08. The Balaban J connectivity index is 1.93. The number of imidazole rings is 1. The lowest BCUT2D eigenvalue weighted by molar-refractivity contribution is 0.0942. The minimum atomic E-state index is -0.325. The number of carbonyl (C=O) groups excluding carboxylic acids is 1. The molecule has 1 aliphatic rings. The number of pyridine rings is 1. The molecular weight excluding hydrogens is 297 g/mol. The third-order valence-corrected chi connectivity index (χ3v) is 4.08. The van der Waals surface area contributed by atoms with Gasteiger partial charge in [-0.2, -0.15) is 0 Å². The van der Waals surface area contributed by atoms with Gasteiger partial charge in [-0.25, -0.2) is 9.37 Å². The Kier molecular flexibility index (Phi) is 3.04. The van der Waals surface area contributed by atoms with Crippen LogP contribution in [0.25, 0.3) is 16.9 Å². The monoisotopic (exact) mass is 311 g/mol. The molecule has 3 aromatic rings. The van der Waals surface area contributed by atoms with E-state index in [9.17, 15) is 9.18 Å². The van der Waals surface area contributed by atoms with Gasteiger partial charge in [0, 0.05) is 24.4 Å². The molecule has 1 aromatic carbocycles. The predicted octanol–water partition coefficient (Wildman–Crippen LogP) is 2.43. The standard InChI is InChI=1S/C17H14FN3O2/c1-23-14-7-11(6-10-2-4-19-17(22)16(10)14)13-9-20-15-8-12(18)3-5-21(13)15/h3,5-9H,2,4H2,1H3,(H,19,22). The fraction of sp³-hybridized carbons (Fsp3) is 0.176. The number of rotatable bonds is 2. The van der Waals surface area contributed by atoms with Gasteiger partial charge in [-0.3, -0.25) is 9.20 Å². The van der Waals surface area contributed by atoms with Gasteiger partial charge >= 0.3 is 0 Å². The van der Waals surface area contributed by atoms with E-state index in [0.29, 0.717) is 23.5 Å². The van der Waals surface area contributed by atoms with Crippen LogP contribution in [0.5, 0.6) is 5.75 Å². The molecule has 0 fully saturated rings. The molecule has 2 aromatic heterocycles. The van der Waals surface area contributed by atoms with Gasteiger partial charge in [0.2, 0.25) is 0 Å². The van der Waals surface area contributed by atoms with Crippen molar-refractivity contribution in [2.75, 3.05) is 13.7 Å². The summed E-state index contributed by atoms with van der Waals surface area (Å²) < 4.78 is 20.5. The molecule has 116 valence electrons. The van der Waals surface area contributed by atoms with Crippen molar-refractivity contribution in [1.82, 2.24) is 14.7 Å². The van der Waals surface area contributed by atoms with Crippen LogP contribution in [0.3, 0.4) is 0 Å². The van der Waals surface area contributed by atoms with Crippen molar-refractivity contribution in [1.29, 1.82) is 0 Å². The minimum Gasteiger partial charge on any atom is -0.496 e. The smallest absolute Gasteiger partial charge is 0.255 e. The molecule has 0 radical (unpaired) electrons. The van der Waals surface area contributed by atoms with Crippen LogP contribution in [-0.2, 0) is 6.42 Å². The van der Waals surface area contributed by atoms with Crippen LogP contribution < -0.4 is 10.1 Å².